The quantitative estimate of drug-likeness (QED) is 0.686. The van der Waals surface area contributed by atoms with Crippen LogP contribution in [0, 0.1) is 0 Å². The van der Waals surface area contributed by atoms with Crippen molar-refractivity contribution >= 4 is 16.6 Å². The molecule has 0 aliphatic carbocycles. The SMILES string of the molecule is Nc1nc(-c2cccnc2)cc2cnccc12. The predicted octanol–water partition coefficient (Wildman–Crippen LogP) is 2.27. The van der Waals surface area contributed by atoms with E-state index in [-0.39, 0.29) is 0 Å². The number of anilines is 1. The second-order valence-corrected chi connectivity index (χ2v) is 3.73. The summed E-state index contributed by atoms with van der Waals surface area (Å²) >= 11 is 0. The molecule has 3 rings (SSSR count). The zero-order chi connectivity index (χ0) is 11.7. The first-order chi connectivity index (χ1) is 8.34. The predicted molar refractivity (Wildman–Crippen MR) is 67.2 cm³/mol. The Balaban J connectivity index is 2.26. The molecule has 0 saturated carbocycles. The molecule has 3 aromatic heterocycles. The van der Waals surface area contributed by atoms with Crippen LogP contribution in [0.2, 0.25) is 0 Å². The zero-order valence-electron chi connectivity index (χ0n) is 9.04. The minimum Gasteiger partial charge on any atom is -0.383 e. The maximum atomic E-state index is 5.94. The second-order valence-electron chi connectivity index (χ2n) is 3.73. The maximum absolute atomic E-state index is 5.94. The highest BCUT2D eigenvalue weighted by molar-refractivity contribution is 5.92. The van der Waals surface area contributed by atoms with Gasteiger partial charge >= 0.3 is 0 Å². The fourth-order valence-electron chi connectivity index (χ4n) is 1.79. The van der Waals surface area contributed by atoms with E-state index < -0.39 is 0 Å². The van der Waals surface area contributed by atoms with Gasteiger partial charge in [-0.15, -0.1) is 0 Å². The Morgan fingerprint density at radius 1 is 1.00 bits per heavy atom. The summed E-state index contributed by atoms with van der Waals surface area (Å²) in [5.74, 6) is 0.517. The number of nitrogen functional groups attached to an aromatic ring is 1. The molecule has 0 amide bonds. The van der Waals surface area contributed by atoms with Gasteiger partial charge in [0.1, 0.15) is 5.82 Å². The second kappa shape index (κ2) is 3.83. The van der Waals surface area contributed by atoms with Crippen molar-refractivity contribution in [1.82, 2.24) is 15.0 Å². The van der Waals surface area contributed by atoms with Crippen LogP contribution in [0.25, 0.3) is 22.0 Å². The van der Waals surface area contributed by atoms with Gasteiger partial charge in [0.05, 0.1) is 5.69 Å². The molecule has 0 radical (unpaired) electrons. The average molecular weight is 222 g/mol. The first kappa shape index (κ1) is 9.72. The monoisotopic (exact) mass is 222 g/mol. The average Bonchev–Trinajstić information content (AvgIpc) is 2.40. The van der Waals surface area contributed by atoms with Gasteiger partial charge in [0, 0.05) is 41.1 Å². The van der Waals surface area contributed by atoms with Gasteiger partial charge < -0.3 is 5.73 Å². The minimum atomic E-state index is 0.517. The Hall–Kier alpha value is -2.49. The Morgan fingerprint density at radius 2 is 1.88 bits per heavy atom. The van der Waals surface area contributed by atoms with Crippen LogP contribution in [0.3, 0.4) is 0 Å². The van der Waals surface area contributed by atoms with Crippen molar-refractivity contribution in [2.24, 2.45) is 0 Å². The topological polar surface area (TPSA) is 64.7 Å². The first-order valence-corrected chi connectivity index (χ1v) is 5.25. The summed E-state index contributed by atoms with van der Waals surface area (Å²) in [7, 11) is 0. The third-order valence-electron chi connectivity index (χ3n) is 2.62. The van der Waals surface area contributed by atoms with E-state index in [4.69, 9.17) is 5.73 Å². The normalized spacial score (nSPS) is 10.6. The molecule has 0 saturated heterocycles. The van der Waals surface area contributed by atoms with Gasteiger partial charge in [0.15, 0.2) is 0 Å². The fraction of sp³-hybridized carbons (Fsp3) is 0. The number of fused-ring (bicyclic) bond motifs is 1. The molecule has 0 unspecified atom stereocenters. The third-order valence-corrected chi connectivity index (χ3v) is 2.62. The number of aromatic nitrogens is 3. The van der Waals surface area contributed by atoms with Crippen molar-refractivity contribution < 1.29 is 0 Å². The molecule has 0 aromatic carbocycles. The standard InChI is InChI=1S/C13H10N4/c14-13-11-3-5-16-8-10(11)6-12(17-13)9-2-1-4-15-7-9/h1-8H,(H2,14,17). The van der Waals surface area contributed by atoms with Gasteiger partial charge in [-0.3, -0.25) is 9.97 Å². The lowest BCUT2D eigenvalue weighted by atomic mass is 10.1. The number of nitrogens with two attached hydrogens (primary N) is 1. The number of hydrogen-bond acceptors (Lipinski definition) is 4. The van der Waals surface area contributed by atoms with Crippen molar-refractivity contribution in [3.63, 3.8) is 0 Å². The Morgan fingerprint density at radius 3 is 2.71 bits per heavy atom. The van der Waals surface area contributed by atoms with E-state index in [1.807, 2.05) is 24.3 Å². The lowest BCUT2D eigenvalue weighted by Crippen LogP contribution is -1.94. The van der Waals surface area contributed by atoms with Gasteiger partial charge in [-0.1, -0.05) is 0 Å². The van der Waals surface area contributed by atoms with Crippen molar-refractivity contribution in [3.8, 4) is 11.3 Å². The summed E-state index contributed by atoms with van der Waals surface area (Å²) in [5, 5.41) is 1.91. The van der Waals surface area contributed by atoms with Gasteiger partial charge in [-0.2, -0.15) is 0 Å². The Kier molecular flexibility index (Phi) is 2.19. The molecule has 4 heteroatoms. The van der Waals surface area contributed by atoms with Gasteiger partial charge in [0.2, 0.25) is 0 Å². The van der Waals surface area contributed by atoms with Gasteiger partial charge in [-0.25, -0.2) is 4.98 Å². The molecule has 0 fully saturated rings. The summed E-state index contributed by atoms with van der Waals surface area (Å²) in [4.78, 5) is 12.5. The maximum Gasteiger partial charge on any atom is 0.132 e. The molecule has 0 aliphatic rings. The highest BCUT2D eigenvalue weighted by atomic mass is 14.8. The van der Waals surface area contributed by atoms with Crippen molar-refractivity contribution in [3.05, 3.63) is 49.1 Å². The van der Waals surface area contributed by atoms with E-state index in [1.165, 1.54) is 0 Å². The summed E-state index contributed by atoms with van der Waals surface area (Å²) in [6.07, 6.45) is 7.00. The largest absolute Gasteiger partial charge is 0.383 e. The van der Waals surface area contributed by atoms with Gasteiger partial charge in [-0.05, 0) is 24.3 Å². The summed E-state index contributed by atoms with van der Waals surface area (Å²) in [6, 6.07) is 7.66. The molecule has 17 heavy (non-hydrogen) atoms. The molecule has 3 heterocycles. The van der Waals surface area contributed by atoms with E-state index in [1.54, 1.807) is 24.8 Å². The molecule has 3 aromatic rings. The molecule has 0 spiro atoms. The molecule has 4 nitrogen and oxygen atoms in total. The van der Waals surface area contributed by atoms with Crippen LogP contribution < -0.4 is 5.73 Å². The molecule has 0 bridgehead atoms. The third kappa shape index (κ3) is 1.69. The van der Waals surface area contributed by atoms with Crippen LogP contribution in [-0.2, 0) is 0 Å². The summed E-state index contributed by atoms with van der Waals surface area (Å²) in [5.41, 5.74) is 7.70. The van der Waals surface area contributed by atoms with E-state index in [0.29, 0.717) is 5.82 Å². The molecule has 0 atom stereocenters. The van der Waals surface area contributed by atoms with E-state index in [0.717, 1.165) is 22.0 Å². The van der Waals surface area contributed by atoms with E-state index >= 15 is 0 Å². The number of nitrogens with zero attached hydrogens (tertiary/aromatic N) is 3. The lowest BCUT2D eigenvalue weighted by molar-refractivity contribution is 1.29. The van der Waals surface area contributed by atoms with Crippen LogP contribution in [0.5, 0.6) is 0 Å². The van der Waals surface area contributed by atoms with Gasteiger partial charge in [0.25, 0.3) is 0 Å². The van der Waals surface area contributed by atoms with Crippen LogP contribution in [-0.4, -0.2) is 15.0 Å². The summed E-state index contributed by atoms with van der Waals surface area (Å²) < 4.78 is 0. The zero-order valence-corrected chi connectivity index (χ0v) is 9.04. The highest BCUT2D eigenvalue weighted by Crippen LogP contribution is 2.24. The first-order valence-electron chi connectivity index (χ1n) is 5.25. The Bertz CT molecular complexity index is 665. The van der Waals surface area contributed by atoms with Crippen molar-refractivity contribution in [2.75, 3.05) is 5.73 Å². The van der Waals surface area contributed by atoms with Crippen LogP contribution in [0.15, 0.2) is 49.1 Å². The molecular formula is C13H10N4. The summed E-state index contributed by atoms with van der Waals surface area (Å²) in [6.45, 7) is 0. The number of hydrogen-bond donors (Lipinski definition) is 1. The Labute approximate surface area is 98.2 Å². The van der Waals surface area contributed by atoms with E-state index in [2.05, 4.69) is 15.0 Å². The van der Waals surface area contributed by atoms with Crippen LogP contribution in [0.4, 0.5) is 5.82 Å². The molecule has 82 valence electrons. The van der Waals surface area contributed by atoms with Crippen molar-refractivity contribution in [1.29, 1.82) is 0 Å². The van der Waals surface area contributed by atoms with Crippen LogP contribution >= 0.6 is 0 Å². The lowest BCUT2D eigenvalue weighted by Gasteiger charge is -2.05. The van der Waals surface area contributed by atoms with Crippen LogP contribution in [0.1, 0.15) is 0 Å². The minimum absolute atomic E-state index is 0.517. The molecule has 0 aliphatic heterocycles. The van der Waals surface area contributed by atoms with Crippen molar-refractivity contribution in [2.45, 2.75) is 0 Å². The highest BCUT2D eigenvalue weighted by Gasteiger charge is 2.04. The smallest absolute Gasteiger partial charge is 0.132 e. The molecular weight excluding hydrogens is 212 g/mol. The molecule has 2 N–H and O–H groups in total. The number of pyridine rings is 3. The van der Waals surface area contributed by atoms with E-state index in [9.17, 15) is 0 Å². The number of rotatable bonds is 1. The fourth-order valence-corrected chi connectivity index (χ4v) is 1.79.